The number of nitriles is 1. The summed E-state index contributed by atoms with van der Waals surface area (Å²) in [5.41, 5.74) is 8.96. The van der Waals surface area contributed by atoms with Gasteiger partial charge in [0, 0.05) is 5.56 Å². The van der Waals surface area contributed by atoms with E-state index < -0.39 is 0 Å². The Labute approximate surface area is 173 Å². The highest BCUT2D eigenvalue weighted by Gasteiger charge is 2.18. The van der Waals surface area contributed by atoms with Crippen LogP contribution in [0.1, 0.15) is 76.5 Å². The SMILES string of the molecule is CCC[C@H](C)Oc1nc(N)c2[nH]c(C#N)c(CCCCCN3CCCCC3)c2n1. The lowest BCUT2D eigenvalue weighted by molar-refractivity contribution is 0.193. The Hall–Kier alpha value is -2.33. The maximum Gasteiger partial charge on any atom is 0.319 e. The Bertz CT molecular complexity index is 834. The third-order valence-corrected chi connectivity index (χ3v) is 5.72. The Kier molecular flexibility index (Phi) is 7.70. The molecular weight excluding hydrogens is 364 g/mol. The van der Waals surface area contributed by atoms with Crippen LogP contribution in [0.5, 0.6) is 6.01 Å². The fourth-order valence-corrected chi connectivity index (χ4v) is 4.15. The molecule has 0 unspecified atom stereocenters. The van der Waals surface area contributed by atoms with Crippen LogP contribution < -0.4 is 10.5 Å². The van der Waals surface area contributed by atoms with Gasteiger partial charge in [-0.2, -0.15) is 15.2 Å². The zero-order valence-corrected chi connectivity index (χ0v) is 17.8. The van der Waals surface area contributed by atoms with Gasteiger partial charge in [0.25, 0.3) is 0 Å². The molecule has 7 heteroatoms. The van der Waals surface area contributed by atoms with Crippen molar-refractivity contribution in [3.05, 3.63) is 11.3 Å². The molecule has 0 bridgehead atoms. The van der Waals surface area contributed by atoms with Gasteiger partial charge in [0.2, 0.25) is 0 Å². The Morgan fingerprint density at radius 1 is 1.21 bits per heavy atom. The number of unbranched alkanes of at least 4 members (excludes halogenated alkanes) is 2. The number of anilines is 1. The molecule has 3 heterocycles. The van der Waals surface area contributed by atoms with Gasteiger partial charge in [-0.3, -0.25) is 0 Å². The molecule has 2 aromatic rings. The number of nitrogen functional groups attached to an aromatic ring is 1. The zero-order chi connectivity index (χ0) is 20.6. The van der Waals surface area contributed by atoms with Gasteiger partial charge in [0.1, 0.15) is 22.8 Å². The number of nitrogens with zero attached hydrogens (tertiary/aromatic N) is 4. The average molecular weight is 399 g/mol. The number of rotatable bonds is 10. The number of hydrogen-bond acceptors (Lipinski definition) is 6. The lowest BCUT2D eigenvalue weighted by atomic mass is 10.1. The van der Waals surface area contributed by atoms with Gasteiger partial charge in [0.15, 0.2) is 5.82 Å². The normalized spacial score (nSPS) is 16.0. The van der Waals surface area contributed by atoms with Crippen molar-refractivity contribution in [3.63, 3.8) is 0 Å². The molecule has 3 N–H and O–H groups in total. The van der Waals surface area contributed by atoms with E-state index in [1.165, 1.54) is 45.3 Å². The number of likely N-dealkylation sites (tertiary alicyclic amines) is 1. The summed E-state index contributed by atoms with van der Waals surface area (Å²) in [5.74, 6) is 0.335. The smallest absolute Gasteiger partial charge is 0.319 e. The molecule has 1 saturated heterocycles. The van der Waals surface area contributed by atoms with E-state index in [-0.39, 0.29) is 6.10 Å². The molecule has 29 heavy (non-hydrogen) atoms. The number of nitrogens with two attached hydrogens (primary N) is 1. The number of aromatic nitrogens is 3. The number of fused-ring (bicyclic) bond motifs is 1. The maximum atomic E-state index is 9.56. The number of aromatic amines is 1. The third-order valence-electron chi connectivity index (χ3n) is 5.72. The molecule has 1 fully saturated rings. The van der Waals surface area contributed by atoms with Crippen molar-refractivity contribution >= 4 is 16.9 Å². The lowest BCUT2D eigenvalue weighted by Crippen LogP contribution is -2.30. The van der Waals surface area contributed by atoms with E-state index in [0.29, 0.717) is 23.0 Å². The first-order valence-corrected chi connectivity index (χ1v) is 11.1. The molecule has 7 nitrogen and oxygen atoms in total. The average Bonchev–Trinajstić information content (AvgIpc) is 3.07. The van der Waals surface area contributed by atoms with Gasteiger partial charge in [-0.1, -0.05) is 26.2 Å². The van der Waals surface area contributed by atoms with E-state index in [1.807, 2.05) is 6.92 Å². The van der Waals surface area contributed by atoms with Gasteiger partial charge in [-0.15, -0.1) is 0 Å². The van der Waals surface area contributed by atoms with E-state index in [4.69, 9.17) is 10.5 Å². The molecule has 0 saturated carbocycles. The standard InChI is InChI=1S/C22H34N6O/c1-3-10-16(2)29-22-26-19-17(18(15-23)25-20(19)21(24)27-22)11-6-4-7-12-28-13-8-5-9-14-28/h16,25H,3-14H2,1-2H3,(H2,24,26,27)/t16-/m0/s1. The van der Waals surface area contributed by atoms with Crippen LogP contribution in [0.2, 0.25) is 0 Å². The first-order valence-electron chi connectivity index (χ1n) is 11.1. The Morgan fingerprint density at radius 3 is 2.72 bits per heavy atom. The molecule has 0 aromatic carbocycles. The van der Waals surface area contributed by atoms with E-state index in [0.717, 1.165) is 43.2 Å². The first kappa shape index (κ1) is 21.4. The summed E-state index contributed by atoms with van der Waals surface area (Å²) in [6.45, 7) is 7.80. The number of hydrogen-bond donors (Lipinski definition) is 2. The largest absolute Gasteiger partial charge is 0.460 e. The highest BCUT2D eigenvalue weighted by atomic mass is 16.5. The number of H-pyrrole nitrogens is 1. The second-order valence-corrected chi connectivity index (χ2v) is 8.14. The summed E-state index contributed by atoms with van der Waals surface area (Å²) in [4.78, 5) is 14.5. The minimum Gasteiger partial charge on any atom is -0.460 e. The minimum atomic E-state index is 0.0319. The zero-order valence-electron chi connectivity index (χ0n) is 17.8. The molecule has 1 aliphatic rings. The van der Waals surface area contributed by atoms with Crippen molar-refractivity contribution in [1.82, 2.24) is 19.9 Å². The molecule has 1 aliphatic heterocycles. The molecule has 2 aromatic heterocycles. The van der Waals surface area contributed by atoms with Crippen molar-refractivity contribution in [2.45, 2.75) is 77.7 Å². The van der Waals surface area contributed by atoms with Gasteiger partial charge in [-0.25, -0.2) is 0 Å². The number of piperidine rings is 1. The highest BCUT2D eigenvalue weighted by Crippen LogP contribution is 2.28. The number of ether oxygens (including phenoxy) is 1. The first-order chi connectivity index (χ1) is 14.1. The van der Waals surface area contributed by atoms with Crippen LogP contribution in [0, 0.1) is 11.3 Å². The number of nitrogens with one attached hydrogen (secondary N) is 1. The van der Waals surface area contributed by atoms with E-state index in [1.54, 1.807) is 0 Å². The second-order valence-electron chi connectivity index (χ2n) is 8.14. The van der Waals surface area contributed by atoms with E-state index >= 15 is 0 Å². The summed E-state index contributed by atoms with van der Waals surface area (Å²) in [6.07, 6.45) is 10.2. The molecule has 0 aliphatic carbocycles. The van der Waals surface area contributed by atoms with Crippen molar-refractivity contribution in [3.8, 4) is 12.1 Å². The fourth-order valence-electron chi connectivity index (χ4n) is 4.15. The number of aryl methyl sites for hydroxylation is 1. The molecule has 0 spiro atoms. The van der Waals surface area contributed by atoms with Crippen LogP contribution in [-0.2, 0) is 6.42 Å². The van der Waals surface area contributed by atoms with Gasteiger partial charge in [0.05, 0.1) is 6.10 Å². The highest BCUT2D eigenvalue weighted by molar-refractivity contribution is 5.89. The summed E-state index contributed by atoms with van der Waals surface area (Å²) < 4.78 is 5.85. The predicted molar refractivity (Wildman–Crippen MR) is 116 cm³/mol. The van der Waals surface area contributed by atoms with Crippen LogP contribution in [0.15, 0.2) is 0 Å². The quantitative estimate of drug-likeness (QED) is 0.582. The summed E-state index contributed by atoms with van der Waals surface area (Å²) in [5, 5.41) is 9.56. The summed E-state index contributed by atoms with van der Waals surface area (Å²) in [6, 6.07) is 2.55. The minimum absolute atomic E-state index is 0.0319. The van der Waals surface area contributed by atoms with Crippen molar-refractivity contribution < 1.29 is 4.74 Å². The van der Waals surface area contributed by atoms with Crippen LogP contribution in [-0.4, -0.2) is 45.6 Å². The molecule has 0 amide bonds. The van der Waals surface area contributed by atoms with Crippen LogP contribution in [0.3, 0.4) is 0 Å². The molecule has 0 radical (unpaired) electrons. The monoisotopic (exact) mass is 398 g/mol. The lowest BCUT2D eigenvalue weighted by Gasteiger charge is -2.26. The fraction of sp³-hybridized carbons (Fsp3) is 0.682. The van der Waals surface area contributed by atoms with Crippen LogP contribution in [0.4, 0.5) is 5.82 Å². The van der Waals surface area contributed by atoms with Crippen LogP contribution in [0.25, 0.3) is 11.0 Å². The van der Waals surface area contributed by atoms with Gasteiger partial charge >= 0.3 is 6.01 Å². The van der Waals surface area contributed by atoms with Crippen molar-refractivity contribution in [2.24, 2.45) is 0 Å². The molecule has 3 rings (SSSR count). The van der Waals surface area contributed by atoms with Gasteiger partial charge < -0.3 is 20.4 Å². The second kappa shape index (κ2) is 10.4. The van der Waals surface area contributed by atoms with Crippen molar-refractivity contribution in [1.29, 1.82) is 5.26 Å². The van der Waals surface area contributed by atoms with Crippen molar-refractivity contribution in [2.75, 3.05) is 25.4 Å². The topological polar surface area (TPSA) is 104 Å². The van der Waals surface area contributed by atoms with Crippen LogP contribution >= 0.6 is 0 Å². The molecule has 1 atom stereocenters. The summed E-state index contributed by atoms with van der Waals surface area (Å²) >= 11 is 0. The van der Waals surface area contributed by atoms with Gasteiger partial charge in [-0.05, 0) is 65.1 Å². The Morgan fingerprint density at radius 2 is 2.00 bits per heavy atom. The predicted octanol–water partition coefficient (Wildman–Crippen LogP) is 4.18. The molecule has 158 valence electrons. The third kappa shape index (κ3) is 5.60. The molecular formula is C22H34N6O. The van der Waals surface area contributed by atoms with E-state index in [9.17, 15) is 5.26 Å². The van der Waals surface area contributed by atoms with E-state index in [2.05, 4.69) is 32.8 Å². The summed E-state index contributed by atoms with van der Waals surface area (Å²) in [7, 11) is 0. The maximum absolute atomic E-state index is 9.56. The Balaban J connectivity index is 1.65.